The number of methoxy groups -OCH3 is 1. The number of hydrogen-bond donors (Lipinski definition) is 1. The molecule has 0 saturated carbocycles. The Morgan fingerprint density at radius 3 is 2.90 bits per heavy atom. The number of hydrogen-bond acceptors (Lipinski definition) is 3. The van der Waals surface area contributed by atoms with E-state index in [1.165, 1.54) is 11.1 Å². The lowest BCUT2D eigenvalue weighted by atomic mass is 10.1. The van der Waals surface area contributed by atoms with Gasteiger partial charge in [0, 0.05) is 16.1 Å². The van der Waals surface area contributed by atoms with E-state index in [2.05, 4.69) is 28.1 Å². The smallest absolute Gasteiger partial charge is 0.125 e. The van der Waals surface area contributed by atoms with Gasteiger partial charge in [0.25, 0.3) is 0 Å². The van der Waals surface area contributed by atoms with Gasteiger partial charge >= 0.3 is 0 Å². The van der Waals surface area contributed by atoms with Crippen molar-refractivity contribution in [2.45, 2.75) is 25.5 Å². The Labute approximate surface area is 133 Å². The molecule has 3 nitrogen and oxygen atoms in total. The normalized spacial score (nSPS) is 16.6. The minimum absolute atomic E-state index is 0.180. The standard InChI is InChI=1S/C17H18BrNO2/c1-20-17-7-3-13(18)8-12(17)10-21-14-4-5-15-11(9-14)2-6-16(15)19/h3-5,7-9,16H,2,6,10,19H2,1H3. The van der Waals surface area contributed by atoms with Crippen molar-refractivity contribution in [2.75, 3.05) is 7.11 Å². The third kappa shape index (κ3) is 3.06. The first-order valence-corrected chi connectivity index (χ1v) is 7.80. The lowest BCUT2D eigenvalue weighted by Crippen LogP contribution is -2.05. The topological polar surface area (TPSA) is 44.5 Å². The second-order valence-electron chi connectivity index (χ2n) is 5.25. The van der Waals surface area contributed by atoms with Crippen LogP contribution >= 0.6 is 15.9 Å². The van der Waals surface area contributed by atoms with E-state index in [1.807, 2.05) is 24.3 Å². The summed E-state index contributed by atoms with van der Waals surface area (Å²) in [5.74, 6) is 1.71. The van der Waals surface area contributed by atoms with E-state index in [4.69, 9.17) is 15.2 Å². The first-order chi connectivity index (χ1) is 10.2. The van der Waals surface area contributed by atoms with Crippen LogP contribution in [0.25, 0.3) is 0 Å². The largest absolute Gasteiger partial charge is 0.496 e. The molecule has 3 rings (SSSR count). The summed E-state index contributed by atoms with van der Waals surface area (Å²) in [6, 6.07) is 12.3. The molecule has 1 aliphatic carbocycles. The van der Waals surface area contributed by atoms with Gasteiger partial charge in [-0.3, -0.25) is 0 Å². The van der Waals surface area contributed by atoms with E-state index in [9.17, 15) is 0 Å². The molecular formula is C17H18BrNO2. The summed E-state index contributed by atoms with van der Waals surface area (Å²) in [4.78, 5) is 0. The molecule has 1 unspecified atom stereocenters. The van der Waals surface area contributed by atoms with Crippen molar-refractivity contribution in [1.82, 2.24) is 0 Å². The molecule has 4 heteroatoms. The van der Waals surface area contributed by atoms with Crippen LogP contribution in [0.15, 0.2) is 40.9 Å². The van der Waals surface area contributed by atoms with Gasteiger partial charge in [-0.1, -0.05) is 22.0 Å². The molecule has 2 aromatic rings. The highest BCUT2D eigenvalue weighted by Crippen LogP contribution is 2.32. The van der Waals surface area contributed by atoms with Crippen molar-refractivity contribution >= 4 is 15.9 Å². The number of aryl methyl sites for hydroxylation is 1. The molecule has 0 heterocycles. The van der Waals surface area contributed by atoms with E-state index in [1.54, 1.807) is 7.11 Å². The lowest BCUT2D eigenvalue weighted by Gasteiger charge is -2.12. The van der Waals surface area contributed by atoms with Crippen LogP contribution in [-0.2, 0) is 13.0 Å². The molecule has 0 bridgehead atoms. The van der Waals surface area contributed by atoms with Gasteiger partial charge in [-0.05, 0) is 54.3 Å². The predicted molar refractivity (Wildman–Crippen MR) is 86.7 cm³/mol. The van der Waals surface area contributed by atoms with Crippen molar-refractivity contribution < 1.29 is 9.47 Å². The third-order valence-electron chi connectivity index (χ3n) is 3.88. The van der Waals surface area contributed by atoms with Crippen LogP contribution in [0.2, 0.25) is 0 Å². The average Bonchev–Trinajstić information content (AvgIpc) is 2.86. The van der Waals surface area contributed by atoms with E-state index in [0.717, 1.165) is 34.4 Å². The first kappa shape index (κ1) is 14.4. The molecule has 0 radical (unpaired) electrons. The zero-order valence-corrected chi connectivity index (χ0v) is 13.5. The fraction of sp³-hybridized carbons (Fsp3) is 0.294. The van der Waals surface area contributed by atoms with Crippen molar-refractivity contribution in [3.05, 3.63) is 57.6 Å². The fourth-order valence-electron chi connectivity index (χ4n) is 2.74. The molecule has 2 aromatic carbocycles. The van der Waals surface area contributed by atoms with E-state index in [0.29, 0.717) is 6.61 Å². The summed E-state index contributed by atoms with van der Waals surface area (Å²) in [6.07, 6.45) is 2.06. The molecule has 110 valence electrons. The summed E-state index contributed by atoms with van der Waals surface area (Å²) < 4.78 is 12.3. The van der Waals surface area contributed by atoms with Crippen molar-refractivity contribution in [3.8, 4) is 11.5 Å². The van der Waals surface area contributed by atoms with Gasteiger partial charge in [-0.15, -0.1) is 0 Å². The van der Waals surface area contributed by atoms with Crippen LogP contribution in [0.5, 0.6) is 11.5 Å². The number of ether oxygens (including phenoxy) is 2. The summed E-state index contributed by atoms with van der Waals surface area (Å²) in [5.41, 5.74) is 9.63. The molecule has 0 spiro atoms. The van der Waals surface area contributed by atoms with Crippen molar-refractivity contribution in [2.24, 2.45) is 5.73 Å². The molecule has 0 amide bonds. The Kier molecular flexibility index (Phi) is 4.17. The highest BCUT2D eigenvalue weighted by Gasteiger charge is 2.19. The highest BCUT2D eigenvalue weighted by molar-refractivity contribution is 9.10. The Morgan fingerprint density at radius 2 is 2.10 bits per heavy atom. The Balaban J connectivity index is 1.75. The second-order valence-corrected chi connectivity index (χ2v) is 6.17. The SMILES string of the molecule is COc1ccc(Br)cc1COc1ccc2c(c1)CCC2N. The van der Waals surface area contributed by atoms with Crippen LogP contribution in [0.3, 0.4) is 0 Å². The molecule has 21 heavy (non-hydrogen) atoms. The van der Waals surface area contributed by atoms with Crippen molar-refractivity contribution in [3.63, 3.8) is 0 Å². The fourth-order valence-corrected chi connectivity index (χ4v) is 3.15. The Morgan fingerprint density at radius 1 is 1.24 bits per heavy atom. The molecular weight excluding hydrogens is 330 g/mol. The molecule has 0 aliphatic heterocycles. The number of halogens is 1. The summed E-state index contributed by atoms with van der Waals surface area (Å²) in [7, 11) is 1.67. The number of fused-ring (bicyclic) bond motifs is 1. The van der Waals surface area contributed by atoms with Gasteiger partial charge in [0.05, 0.1) is 7.11 Å². The van der Waals surface area contributed by atoms with Crippen LogP contribution in [0.4, 0.5) is 0 Å². The van der Waals surface area contributed by atoms with E-state index in [-0.39, 0.29) is 6.04 Å². The third-order valence-corrected chi connectivity index (χ3v) is 4.37. The first-order valence-electron chi connectivity index (χ1n) is 7.01. The Hall–Kier alpha value is -1.52. The van der Waals surface area contributed by atoms with Gasteiger partial charge < -0.3 is 15.2 Å². The van der Waals surface area contributed by atoms with Crippen molar-refractivity contribution in [1.29, 1.82) is 0 Å². The maximum atomic E-state index is 6.05. The maximum Gasteiger partial charge on any atom is 0.125 e. The number of nitrogens with two attached hydrogens (primary N) is 1. The monoisotopic (exact) mass is 347 g/mol. The second kappa shape index (κ2) is 6.08. The van der Waals surface area contributed by atoms with Crippen LogP contribution in [0, 0.1) is 0 Å². The van der Waals surface area contributed by atoms with Gasteiger partial charge in [-0.25, -0.2) is 0 Å². The van der Waals surface area contributed by atoms with Gasteiger partial charge in [0.15, 0.2) is 0 Å². The van der Waals surface area contributed by atoms with Gasteiger partial charge in [-0.2, -0.15) is 0 Å². The minimum atomic E-state index is 0.180. The zero-order chi connectivity index (χ0) is 14.8. The van der Waals surface area contributed by atoms with Crippen LogP contribution in [0.1, 0.15) is 29.2 Å². The Bertz CT molecular complexity index is 657. The summed E-state index contributed by atoms with van der Waals surface area (Å²) >= 11 is 3.47. The van der Waals surface area contributed by atoms with E-state index < -0.39 is 0 Å². The quantitative estimate of drug-likeness (QED) is 0.909. The minimum Gasteiger partial charge on any atom is -0.496 e. The molecule has 2 N–H and O–H groups in total. The highest BCUT2D eigenvalue weighted by atomic mass is 79.9. The number of benzene rings is 2. The van der Waals surface area contributed by atoms with Gasteiger partial charge in [0.2, 0.25) is 0 Å². The predicted octanol–water partition coefficient (Wildman–Crippen LogP) is 3.98. The summed E-state index contributed by atoms with van der Waals surface area (Å²) in [6.45, 7) is 0.480. The van der Waals surface area contributed by atoms with Gasteiger partial charge in [0.1, 0.15) is 18.1 Å². The summed E-state index contributed by atoms with van der Waals surface area (Å²) in [5, 5.41) is 0. The molecule has 1 atom stereocenters. The lowest BCUT2D eigenvalue weighted by molar-refractivity contribution is 0.296. The molecule has 0 aromatic heterocycles. The molecule has 0 fully saturated rings. The van der Waals surface area contributed by atoms with E-state index >= 15 is 0 Å². The van der Waals surface area contributed by atoms with Crippen LogP contribution < -0.4 is 15.2 Å². The molecule has 1 aliphatic rings. The molecule has 0 saturated heterocycles. The average molecular weight is 348 g/mol. The maximum absolute atomic E-state index is 6.05. The zero-order valence-electron chi connectivity index (χ0n) is 11.9. The number of rotatable bonds is 4. The van der Waals surface area contributed by atoms with Crippen LogP contribution in [-0.4, -0.2) is 7.11 Å².